The molecule has 2 heterocycles. The van der Waals surface area contributed by atoms with Crippen molar-refractivity contribution in [2.45, 2.75) is 44.6 Å². The first-order valence-corrected chi connectivity index (χ1v) is 8.04. The van der Waals surface area contributed by atoms with Crippen LogP contribution in [-0.4, -0.2) is 48.9 Å². The molecule has 0 aromatic carbocycles. The Morgan fingerprint density at radius 3 is 2.35 bits per heavy atom. The standard InChI is InChI=1S/C15H25N3O2/c19-14(11-3-4-11)17-13-5-8-18(9-6-13)15(20)12-2-1-7-16-10-12/h11-13,16H,1-10H2,(H,17,19)/t12-/m1/s1. The smallest absolute Gasteiger partial charge is 0.226 e. The van der Waals surface area contributed by atoms with E-state index in [2.05, 4.69) is 10.6 Å². The highest BCUT2D eigenvalue weighted by Crippen LogP contribution is 2.29. The number of hydrogen-bond acceptors (Lipinski definition) is 3. The molecule has 5 nitrogen and oxygen atoms in total. The van der Waals surface area contributed by atoms with Gasteiger partial charge in [0.25, 0.3) is 0 Å². The van der Waals surface area contributed by atoms with Crippen molar-refractivity contribution in [3.8, 4) is 0 Å². The van der Waals surface area contributed by atoms with Crippen LogP contribution in [-0.2, 0) is 9.59 Å². The second-order valence-electron chi connectivity index (χ2n) is 6.43. The fourth-order valence-electron chi connectivity index (χ4n) is 3.23. The van der Waals surface area contributed by atoms with Crippen molar-refractivity contribution >= 4 is 11.8 Å². The third-order valence-electron chi connectivity index (χ3n) is 4.75. The van der Waals surface area contributed by atoms with Crippen molar-refractivity contribution in [1.29, 1.82) is 0 Å². The Morgan fingerprint density at radius 2 is 1.75 bits per heavy atom. The lowest BCUT2D eigenvalue weighted by atomic mass is 9.96. The summed E-state index contributed by atoms with van der Waals surface area (Å²) in [6.07, 6.45) is 6.04. The third-order valence-corrected chi connectivity index (χ3v) is 4.75. The van der Waals surface area contributed by atoms with E-state index in [9.17, 15) is 9.59 Å². The molecule has 1 saturated carbocycles. The van der Waals surface area contributed by atoms with E-state index in [0.29, 0.717) is 5.91 Å². The van der Waals surface area contributed by atoms with E-state index in [0.717, 1.165) is 64.7 Å². The van der Waals surface area contributed by atoms with Gasteiger partial charge in [-0.3, -0.25) is 9.59 Å². The van der Waals surface area contributed by atoms with E-state index in [1.54, 1.807) is 0 Å². The largest absolute Gasteiger partial charge is 0.353 e. The Balaban J connectivity index is 1.42. The average molecular weight is 279 g/mol. The van der Waals surface area contributed by atoms with E-state index in [1.807, 2.05) is 4.90 Å². The summed E-state index contributed by atoms with van der Waals surface area (Å²) in [5.74, 6) is 0.986. The summed E-state index contributed by atoms with van der Waals surface area (Å²) >= 11 is 0. The molecule has 2 aliphatic heterocycles. The molecule has 1 atom stereocenters. The van der Waals surface area contributed by atoms with Crippen molar-refractivity contribution in [3.05, 3.63) is 0 Å². The van der Waals surface area contributed by atoms with Crippen LogP contribution < -0.4 is 10.6 Å². The maximum Gasteiger partial charge on any atom is 0.226 e. The first-order valence-electron chi connectivity index (χ1n) is 8.04. The van der Waals surface area contributed by atoms with Gasteiger partial charge in [-0.2, -0.15) is 0 Å². The number of piperidine rings is 2. The zero-order chi connectivity index (χ0) is 13.9. The fraction of sp³-hybridized carbons (Fsp3) is 0.867. The molecule has 0 aromatic rings. The highest BCUT2D eigenvalue weighted by atomic mass is 16.2. The molecule has 20 heavy (non-hydrogen) atoms. The first-order chi connectivity index (χ1) is 9.74. The first kappa shape index (κ1) is 13.9. The minimum absolute atomic E-state index is 0.168. The Kier molecular flexibility index (Phi) is 4.24. The van der Waals surface area contributed by atoms with Gasteiger partial charge < -0.3 is 15.5 Å². The van der Waals surface area contributed by atoms with E-state index >= 15 is 0 Å². The lowest BCUT2D eigenvalue weighted by Crippen LogP contribution is -2.50. The fourth-order valence-corrected chi connectivity index (χ4v) is 3.23. The van der Waals surface area contributed by atoms with E-state index in [4.69, 9.17) is 0 Å². The van der Waals surface area contributed by atoms with Crippen LogP contribution >= 0.6 is 0 Å². The molecule has 112 valence electrons. The van der Waals surface area contributed by atoms with Gasteiger partial charge in [0.1, 0.15) is 0 Å². The molecule has 1 aliphatic carbocycles. The van der Waals surface area contributed by atoms with Crippen molar-refractivity contribution < 1.29 is 9.59 Å². The number of nitrogens with one attached hydrogen (secondary N) is 2. The summed E-state index contributed by atoms with van der Waals surface area (Å²) in [5.41, 5.74) is 0. The van der Waals surface area contributed by atoms with Crippen LogP contribution in [0.15, 0.2) is 0 Å². The molecular weight excluding hydrogens is 254 g/mol. The van der Waals surface area contributed by atoms with E-state index in [-0.39, 0.29) is 23.8 Å². The SMILES string of the molecule is O=C(NC1CCN(C(=O)[C@@H]2CCCNC2)CC1)C1CC1. The molecule has 0 aromatic heterocycles. The number of hydrogen-bond donors (Lipinski definition) is 2. The Morgan fingerprint density at radius 1 is 1.00 bits per heavy atom. The lowest BCUT2D eigenvalue weighted by Gasteiger charge is -2.35. The summed E-state index contributed by atoms with van der Waals surface area (Å²) < 4.78 is 0. The van der Waals surface area contributed by atoms with Gasteiger partial charge in [-0.1, -0.05) is 0 Å². The number of rotatable bonds is 3. The number of amides is 2. The second-order valence-corrected chi connectivity index (χ2v) is 6.43. The Bertz CT molecular complexity index is 367. The van der Waals surface area contributed by atoms with Crippen molar-refractivity contribution in [2.75, 3.05) is 26.2 Å². The molecule has 3 fully saturated rings. The van der Waals surface area contributed by atoms with Gasteiger partial charge in [0.15, 0.2) is 0 Å². The molecule has 3 aliphatic rings. The van der Waals surface area contributed by atoms with Crippen LogP contribution in [0, 0.1) is 11.8 Å². The number of nitrogens with zero attached hydrogens (tertiary/aromatic N) is 1. The summed E-state index contributed by atoms with van der Waals surface area (Å²) in [5, 5.41) is 6.44. The summed E-state index contributed by atoms with van der Waals surface area (Å²) in [4.78, 5) is 26.1. The van der Waals surface area contributed by atoms with Gasteiger partial charge in [0, 0.05) is 31.6 Å². The molecule has 2 N–H and O–H groups in total. The topological polar surface area (TPSA) is 61.4 Å². The summed E-state index contributed by atoms with van der Waals surface area (Å²) in [7, 11) is 0. The predicted octanol–water partition coefficient (Wildman–Crippen LogP) is 0.503. The number of carbonyl (C=O) groups is 2. The minimum atomic E-state index is 0.168. The monoisotopic (exact) mass is 279 g/mol. The average Bonchev–Trinajstić information content (AvgIpc) is 3.33. The molecule has 0 spiro atoms. The number of likely N-dealkylation sites (tertiary alicyclic amines) is 1. The van der Waals surface area contributed by atoms with Gasteiger partial charge in [-0.15, -0.1) is 0 Å². The zero-order valence-electron chi connectivity index (χ0n) is 12.1. The van der Waals surface area contributed by atoms with Crippen LogP contribution in [0.2, 0.25) is 0 Å². The molecule has 0 unspecified atom stereocenters. The predicted molar refractivity (Wildman–Crippen MR) is 76.1 cm³/mol. The van der Waals surface area contributed by atoms with Gasteiger partial charge in [0.2, 0.25) is 11.8 Å². The Labute approximate surface area is 120 Å². The van der Waals surface area contributed by atoms with Crippen molar-refractivity contribution in [2.24, 2.45) is 11.8 Å². The highest BCUT2D eigenvalue weighted by Gasteiger charge is 2.33. The molecule has 2 saturated heterocycles. The lowest BCUT2D eigenvalue weighted by molar-refractivity contribution is -0.137. The Hall–Kier alpha value is -1.10. The van der Waals surface area contributed by atoms with Crippen LogP contribution in [0.25, 0.3) is 0 Å². The molecule has 5 heteroatoms. The van der Waals surface area contributed by atoms with Gasteiger partial charge in [0.05, 0.1) is 5.92 Å². The quantitative estimate of drug-likeness (QED) is 0.791. The second kappa shape index (κ2) is 6.12. The molecule has 2 amide bonds. The zero-order valence-corrected chi connectivity index (χ0v) is 12.1. The molecular formula is C15H25N3O2. The van der Waals surface area contributed by atoms with Gasteiger partial charge in [-0.05, 0) is 45.1 Å². The third kappa shape index (κ3) is 3.32. The van der Waals surface area contributed by atoms with Gasteiger partial charge in [-0.25, -0.2) is 0 Å². The van der Waals surface area contributed by atoms with Crippen LogP contribution in [0.3, 0.4) is 0 Å². The normalized spacial score (nSPS) is 28.2. The molecule has 3 rings (SSSR count). The number of carbonyl (C=O) groups excluding carboxylic acids is 2. The molecule has 0 radical (unpaired) electrons. The summed E-state index contributed by atoms with van der Waals surface area (Å²) in [6, 6.07) is 0.275. The maximum atomic E-state index is 12.4. The van der Waals surface area contributed by atoms with Gasteiger partial charge >= 0.3 is 0 Å². The highest BCUT2D eigenvalue weighted by molar-refractivity contribution is 5.81. The molecule has 0 bridgehead atoms. The van der Waals surface area contributed by atoms with E-state index in [1.165, 1.54) is 0 Å². The van der Waals surface area contributed by atoms with Crippen molar-refractivity contribution in [3.63, 3.8) is 0 Å². The summed E-state index contributed by atoms with van der Waals surface area (Å²) in [6.45, 7) is 3.46. The van der Waals surface area contributed by atoms with E-state index < -0.39 is 0 Å². The maximum absolute atomic E-state index is 12.4. The van der Waals surface area contributed by atoms with Crippen molar-refractivity contribution in [1.82, 2.24) is 15.5 Å². The van der Waals surface area contributed by atoms with Crippen LogP contribution in [0.1, 0.15) is 38.5 Å². The van der Waals surface area contributed by atoms with Crippen LogP contribution in [0.4, 0.5) is 0 Å². The van der Waals surface area contributed by atoms with Crippen LogP contribution in [0.5, 0.6) is 0 Å². The minimum Gasteiger partial charge on any atom is -0.353 e.